The molecule has 28 heavy (non-hydrogen) atoms. The number of sulfonamides is 1. The molecule has 0 saturated carbocycles. The van der Waals surface area contributed by atoms with Crippen LogP contribution in [0.5, 0.6) is 0 Å². The maximum absolute atomic E-state index is 12.4. The summed E-state index contributed by atoms with van der Waals surface area (Å²) in [6.45, 7) is 4.63. The van der Waals surface area contributed by atoms with Gasteiger partial charge in [0.15, 0.2) is 0 Å². The monoisotopic (exact) mass is 403 g/mol. The van der Waals surface area contributed by atoms with Crippen molar-refractivity contribution in [1.29, 1.82) is 0 Å². The van der Waals surface area contributed by atoms with E-state index in [1.807, 2.05) is 42.5 Å². The Morgan fingerprint density at radius 2 is 1.57 bits per heavy atom. The van der Waals surface area contributed by atoms with E-state index in [-0.39, 0.29) is 17.8 Å². The molecule has 0 aromatic heterocycles. The van der Waals surface area contributed by atoms with Gasteiger partial charge in [0.1, 0.15) is 0 Å². The molecular weight excluding hydrogens is 374 g/mol. The molecule has 6 nitrogen and oxygen atoms in total. The van der Waals surface area contributed by atoms with Gasteiger partial charge in [0.2, 0.25) is 10.0 Å². The predicted molar refractivity (Wildman–Crippen MR) is 112 cm³/mol. The zero-order chi connectivity index (χ0) is 20.6. The number of carbonyl (C=O) groups is 1. The second-order valence-electron chi connectivity index (χ2n) is 7.20. The lowest BCUT2D eigenvalue weighted by Crippen LogP contribution is -2.38. The molecule has 7 heteroatoms. The second kappa shape index (κ2) is 10.2. The molecule has 0 aliphatic carbocycles. The van der Waals surface area contributed by atoms with Gasteiger partial charge in [-0.2, -0.15) is 0 Å². The molecule has 152 valence electrons. The lowest BCUT2D eigenvalue weighted by atomic mass is 9.97. The average Bonchev–Trinajstić information content (AvgIpc) is 2.67. The van der Waals surface area contributed by atoms with Crippen LogP contribution in [-0.2, 0) is 22.3 Å². The Bertz CT molecular complexity index is 850. The predicted octanol–water partition coefficient (Wildman–Crippen LogP) is 3.32. The highest BCUT2D eigenvalue weighted by atomic mass is 32.2. The van der Waals surface area contributed by atoms with Gasteiger partial charge in [-0.05, 0) is 36.1 Å². The molecule has 3 N–H and O–H groups in total. The highest BCUT2D eigenvalue weighted by Gasteiger charge is 2.16. The molecule has 0 fully saturated rings. The number of amides is 2. The van der Waals surface area contributed by atoms with Crippen LogP contribution in [0.3, 0.4) is 0 Å². The van der Waals surface area contributed by atoms with Crippen LogP contribution in [0.4, 0.5) is 4.79 Å². The zero-order valence-electron chi connectivity index (χ0n) is 16.6. The number of hydrogen-bond acceptors (Lipinski definition) is 3. The van der Waals surface area contributed by atoms with Gasteiger partial charge in [-0.25, -0.2) is 17.9 Å². The van der Waals surface area contributed by atoms with Crippen LogP contribution in [0.2, 0.25) is 0 Å². The molecular formula is C21H29N3O3S. The minimum atomic E-state index is -3.29. The van der Waals surface area contributed by atoms with Gasteiger partial charge in [-0.3, -0.25) is 0 Å². The molecule has 0 aliphatic rings. The van der Waals surface area contributed by atoms with Crippen molar-refractivity contribution in [2.45, 2.75) is 38.6 Å². The van der Waals surface area contributed by atoms with Crippen molar-refractivity contribution >= 4 is 16.1 Å². The zero-order valence-corrected chi connectivity index (χ0v) is 17.4. The minimum Gasteiger partial charge on any atom is -0.334 e. The Morgan fingerprint density at radius 3 is 2.14 bits per heavy atom. The molecule has 1 atom stereocenters. The van der Waals surface area contributed by atoms with Gasteiger partial charge in [-0.1, -0.05) is 68.4 Å². The van der Waals surface area contributed by atoms with Crippen LogP contribution in [0, 0.1) is 5.92 Å². The molecule has 0 aliphatic heterocycles. The van der Waals surface area contributed by atoms with Crippen molar-refractivity contribution in [3.8, 4) is 0 Å². The topological polar surface area (TPSA) is 87.3 Å². The summed E-state index contributed by atoms with van der Waals surface area (Å²) in [4.78, 5) is 12.4. The van der Waals surface area contributed by atoms with E-state index < -0.39 is 10.0 Å². The van der Waals surface area contributed by atoms with Crippen molar-refractivity contribution < 1.29 is 13.2 Å². The van der Waals surface area contributed by atoms with Gasteiger partial charge in [0.25, 0.3) is 0 Å². The SMILES string of the molecule is CNS(=O)(=O)Cc1ccc(CNC(=O)NC(CC(C)C)c2ccccc2)cc1. The van der Waals surface area contributed by atoms with E-state index in [2.05, 4.69) is 29.2 Å². The Hall–Kier alpha value is -2.38. The highest BCUT2D eigenvalue weighted by molar-refractivity contribution is 7.88. The lowest BCUT2D eigenvalue weighted by molar-refractivity contribution is 0.234. The van der Waals surface area contributed by atoms with E-state index in [1.165, 1.54) is 7.05 Å². The lowest BCUT2D eigenvalue weighted by Gasteiger charge is -2.21. The number of carbonyl (C=O) groups excluding carboxylic acids is 1. The van der Waals surface area contributed by atoms with Crippen molar-refractivity contribution in [3.63, 3.8) is 0 Å². The molecule has 2 rings (SSSR count). The van der Waals surface area contributed by atoms with Crippen molar-refractivity contribution in [1.82, 2.24) is 15.4 Å². The maximum atomic E-state index is 12.4. The molecule has 2 aromatic rings. The van der Waals surface area contributed by atoms with E-state index in [0.717, 1.165) is 17.5 Å². The van der Waals surface area contributed by atoms with Crippen LogP contribution in [0.15, 0.2) is 54.6 Å². The van der Waals surface area contributed by atoms with Crippen LogP contribution in [-0.4, -0.2) is 21.5 Å². The third kappa shape index (κ3) is 7.32. The molecule has 1 unspecified atom stereocenters. The van der Waals surface area contributed by atoms with E-state index in [1.54, 1.807) is 12.1 Å². The number of nitrogens with one attached hydrogen (secondary N) is 3. The summed E-state index contributed by atoms with van der Waals surface area (Å²) in [7, 11) is -1.89. The van der Waals surface area contributed by atoms with E-state index in [4.69, 9.17) is 0 Å². The number of urea groups is 1. The first-order chi connectivity index (χ1) is 13.3. The number of benzene rings is 2. The summed E-state index contributed by atoms with van der Waals surface area (Å²) in [5, 5.41) is 5.92. The molecule has 0 radical (unpaired) electrons. The van der Waals surface area contributed by atoms with Crippen molar-refractivity contribution in [3.05, 3.63) is 71.3 Å². The summed E-state index contributed by atoms with van der Waals surface area (Å²) in [5.74, 6) is 0.387. The molecule has 0 spiro atoms. The average molecular weight is 404 g/mol. The Labute approximate surface area is 167 Å². The van der Waals surface area contributed by atoms with E-state index >= 15 is 0 Å². The summed E-state index contributed by atoms with van der Waals surface area (Å²) in [5.41, 5.74) is 2.69. The fourth-order valence-corrected chi connectivity index (χ4v) is 3.65. The summed E-state index contributed by atoms with van der Waals surface area (Å²) in [6.07, 6.45) is 0.853. The number of rotatable bonds is 9. The molecule has 0 saturated heterocycles. The third-order valence-corrected chi connectivity index (χ3v) is 5.69. The van der Waals surface area contributed by atoms with Crippen molar-refractivity contribution in [2.75, 3.05) is 7.05 Å². The minimum absolute atomic E-state index is 0.0460. The second-order valence-corrected chi connectivity index (χ2v) is 9.13. The van der Waals surface area contributed by atoms with Gasteiger partial charge in [0.05, 0.1) is 11.8 Å². The van der Waals surface area contributed by atoms with Crippen LogP contribution in [0.1, 0.15) is 43.0 Å². The first kappa shape index (κ1) is 21.9. The third-order valence-electron chi connectivity index (χ3n) is 4.36. The quantitative estimate of drug-likeness (QED) is 0.600. The maximum Gasteiger partial charge on any atom is 0.315 e. The molecule has 2 amide bonds. The smallest absolute Gasteiger partial charge is 0.315 e. The van der Waals surface area contributed by atoms with Crippen LogP contribution in [0.25, 0.3) is 0 Å². The van der Waals surface area contributed by atoms with Gasteiger partial charge < -0.3 is 10.6 Å². The van der Waals surface area contributed by atoms with E-state index in [9.17, 15) is 13.2 Å². The van der Waals surface area contributed by atoms with Gasteiger partial charge in [0, 0.05) is 6.54 Å². The summed E-state index contributed by atoms with van der Waals surface area (Å²) < 4.78 is 25.5. The summed E-state index contributed by atoms with van der Waals surface area (Å²) in [6, 6.07) is 16.8. The largest absolute Gasteiger partial charge is 0.334 e. The Balaban J connectivity index is 1.91. The van der Waals surface area contributed by atoms with Crippen molar-refractivity contribution in [2.24, 2.45) is 5.92 Å². The molecule has 0 heterocycles. The Kier molecular flexibility index (Phi) is 8.02. The van der Waals surface area contributed by atoms with Gasteiger partial charge in [-0.15, -0.1) is 0 Å². The van der Waals surface area contributed by atoms with Gasteiger partial charge >= 0.3 is 6.03 Å². The summed E-state index contributed by atoms with van der Waals surface area (Å²) >= 11 is 0. The first-order valence-corrected chi connectivity index (χ1v) is 11.0. The normalized spacial score (nSPS) is 12.6. The van der Waals surface area contributed by atoms with Crippen LogP contribution < -0.4 is 15.4 Å². The highest BCUT2D eigenvalue weighted by Crippen LogP contribution is 2.20. The van der Waals surface area contributed by atoms with Crippen LogP contribution >= 0.6 is 0 Å². The fraction of sp³-hybridized carbons (Fsp3) is 0.381. The molecule has 0 bridgehead atoms. The molecule has 2 aromatic carbocycles. The van der Waals surface area contributed by atoms with E-state index in [0.29, 0.717) is 18.0 Å². The standard InChI is InChI=1S/C21H29N3O3S/c1-16(2)13-20(19-7-5-4-6-8-19)24-21(25)23-14-17-9-11-18(12-10-17)15-28(26,27)22-3/h4-12,16,20,22H,13-15H2,1-3H3,(H2,23,24,25). The Morgan fingerprint density at radius 1 is 0.964 bits per heavy atom. The first-order valence-electron chi connectivity index (χ1n) is 9.37. The number of hydrogen-bond donors (Lipinski definition) is 3. The fourth-order valence-electron chi connectivity index (χ4n) is 2.87.